The van der Waals surface area contributed by atoms with Gasteiger partial charge in [-0.1, -0.05) is 54.6 Å². The normalized spacial score (nSPS) is 11.2. The first-order valence-corrected chi connectivity index (χ1v) is 8.42. The molecule has 0 aliphatic carbocycles. The lowest BCUT2D eigenvalue weighted by molar-refractivity contribution is 0.481. The highest BCUT2D eigenvalue weighted by Gasteiger charge is 2.13. The minimum Gasteiger partial charge on any atom is -0.507 e. The number of benzene rings is 3. The quantitative estimate of drug-likeness (QED) is 0.497. The van der Waals surface area contributed by atoms with Crippen LogP contribution in [0.2, 0.25) is 0 Å². The zero-order valence-corrected chi connectivity index (χ0v) is 13.9. The number of aromatic nitrogens is 3. The Balaban J connectivity index is 1.85. The highest BCUT2D eigenvalue weighted by atomic mass is 16.3. The van der Waals surface area contributed by atoms with Gasteiger partial charge in [-0.05, 0) is 23.6 Å². The molecule has 1 N–H and O–H groups in total. The summed E-state index contributed by atoms with van der Waals surface area (Å²) in [7, 11) is 0. The van der Waals surface area contributed by atoms with Gasteiger partial charge in [-0.2, -0.15) is 5.10 Å². The molecule has 0 unspecified atom stereocenters. The zero-order chi connectivity index (χ0) is 17.5. The molecule has 0 amide bonds. The van der Waals surface area contributed by atoms with E-state index in [-0.39, 0.29) is 5.75 Å². The van der Waals surface area contributed by atoms with Gasteiger partial charge < -0.3 is 5.11 Å². The van der Waals surface area contributed by atoms with Crippen LogP contribution in [0.4, 0.5) is 0 Å². The number of aromatic hydroxyl groups is 1. The van der Waals surface area contributed by atoms with Crippen molar-refractivity contribution in [3.05, 3.63) is 85.1 Å². The molecule has 2 heterocycles. The fourth-order valence-electron chi connectivity index (χ4n) is 3.37. The van der Waals surface area contributed by atoms with Crippen LogP contribution < -0.4 is 0 Å². The first-order valence-electron chi connectivity index (χ1n) is 8.42. The van der Waals surface area contributed by atoms with E-state index in [4.69, 9.17) is 4.98 Å². The molecule has 0 radical (unpaired) electrons. The Bertz CT molecular complexity index is 1240. The standard InChI is InChI=1S/C22H15N3O/c26-21-11-10-17(16-8-4-5-9-18(16)21)20-14-19(15-6-2-1-3-7-15)24-22-12-13-23-25(20)22/h1-14,26H. The minimum absolute atomic E-state index is 0.276. The molecule has 0 atom stereocenters. The Morgan fingerprint density at radius 1 is 0.769 bits per heavy atom. The lowest BCUT2D eigenvalue weighted by Crippen LogP contribution is -1.98. The fraction of sp³-hybridized carbons (Fsp3) is 0. The molecule has 0 bridgehead atoms. The second-order valence-corrected chi connectivity index (χ2v) is 6.17. The highest BCUT2D eigenvalue weighted by Crippen LogP contribution is 2.35. The molecule has 4 heteroatoms. The van der Waals surface area contributed by atoms with Crippen molar-refractivity contribution in [2.24, 2.45) is 0 Å². The van der Waals surface area contributed by atoms with Gasteiger partial charge in [0.2, 0.25) is 0 Å². The Morgan fingerprint density at radius 2 is 1.54 bits per heavy atom. The van der Waals surface area contributed by atoms with Crippen molar-refractivity contribution in [3.8, 4) is 28.3 Å². The van der Waals surface area contributed by atoms with E-state index in [0.717, 1.165) is 38.9 Å². The molecule has 3 aromatic carbocycles. The van der Waals surface area contributed by atoms with Gasteiger partial charge in [-0.25, -0.2) is 9.50 Å². The van der Waals surface area contributed by atoms with Gasteiger partial charge in [-0.15, -0.1) is 0 Å². The van der Waals surface area contributed by atoms with Crippen LogP contribution in [0.1, 0.15) is 0 Å². The molecule has 5 aromatic rings. The highest BCUT2D eigenvalue weighted by molar-refractivity contribution is 5.99. The Morgan fingerprint density at radius 3 is 2.38 bits per heavy atom. The molecule has 0 spiro atoms. The van der Waals surface area contributed by atoms with Gasteiger partial charge in [0.25, 0.3) is 0 Å². The number of hydrogen-bond acceptors (Lipinski definition) is 3. The lowest BCUT2D eigenvalue weighted by atomic mass is 10.00. The molecular weight excluding hydrogens is 322 g/mol. The van der Waals surface area contributed by atoms with E-state index >= 15 is 0 Å². The van der Waals surface area contributed by atoms with E-state index < -0.39 is 0 Å². The summed E-state index contributed by atoms with van der Waals surface area (Å²) in [5.74, 6) is 0.276. The average molecular weight is 337 g/mol. The van der Waals surface area contributed by atoms with E-state index in [0.29, 0.717) is 0 Å². The molecule has 0 fully saturated rings. The minimum atomic E-state index is 0.276. The Hall–Kier alpha value is -3.66. The maximum absolute atomic E-state index is 10.2. The first kappa shape index (κ1) is 14.7. The number of hydrogen-bond donors (Lipinski definition) is 1. The topological polar surface area (TPSA) is 50.4 Å². The molecule has 4 nitrogen and oxygen atoms in total. The number of nitrogens with zero attached hydrogens (tertiary/aromatic N) is 3. The fourth-order valence-corrected chi connectivity index (χ4v) is 3.37. The van der Waals surface area contributed by atoms with E-state index in [9.17, 15) is 5.11 Å². The van der Waals surface area contributed by atoms with Gasteiger partial charge in [0.1, 0.15) is 5.75 Å². The van der Waals surface area contributed by atoms with Crippen LogP contribution in [0, 0.1) is 0 Å². The molecule has 0 aliphatic rings. The van der Waals surface area contributed by atoms with Crippen LogP contribution in [0.15, 0.2) is 85.1 Å². The van der Waals surface area contributed by atoms with Crippen molar-refractivity contribution >= 4 is 16.4 Å². The molecule has 0 saturated carbocycles. The van der Waals surface area contributed by atoms with Crippen LogP contribution in [-0.2, 0) is 0 Å². The third kappa shape index (κ3) is 2.24. The van der Waals surface area contributed by atoms with Crippen molar-refractivity contribution in [2.45, 2.75) is 0 Å². The summed E-state index contributed by atoms with van der Waals surface area (Å²) in [6.45, 7) is 0. The summed E-state index contributed by atoms with van der Waals surface area (Å²) in [5.41, 5.74) is 4.69. The van der Waals surface area contributed by atoms with E-state index in [2.05, 4.69) is 5.10 Å². The monoisotopic (exact) mass is 337 g/mol. The van der Waals surface area contributed by atoms with Crippen molar-refractivity contribution < 1.29 is 5.11 Å². The number of fused-ring (bicyclic) bond motifs is 2. The molecule has 5 rings (SSSR count). The first-order chi connectivity index (χ1) is 12.8. The van der Waals surface area contributed by atoms with Crippen molar-refractivity contribution in [1.82, 2.24) is 14.6 Å². The summed E-state index contributed by atoms with van der Waals surface area (Å²) in [6.07, 6.45) is 1.75. The third-order valence-corrected chi connectivity index (χ3v) is 4.61. The van der Waals surface area contributed by atoms with Crippen molar-refractivity contribution in [2.75, 3.05) is 0 Å². The van der Waals surface area contributed by atoms with Crippen LogP contribution in [0.25, 0.3) is 38.9 Å². The average Bonchev–Trinajstić information content (AvgIpc) is 3.17. The van der Waals surface area contributed by atoms with Crippen molar-refractivity contribution in [3.63, 3.8) is 0 Å². The zero-order valence-electron chi connectivity index (χ0n) is 13.9. The van der Waals surface area contributed by atoms with E-state index in [1.54, 1.807) is 12.3 Å². The summed E-state index contributed by atoms with van der Waals surface area (Å²) >= 11 is 0. The number of phenolic OH excluding ortho intramolecular Hbond substituents is 1. The lowest BCUT2D eigenvalue weighted by Gasteiger charge is -2.12. The molecule has 26 heavy (non-hydrogen) atoms. The van der Waals surface area contributed by atoms with Gasteiger partial charge >= 0.3 is 0 Å². The smallest absolute Gasteiger partial charge is 0.156 e. The summed E-state index contributed by atoms with van der Waals surface area (Å²) < 4.78 is 1.84. The Labute approximate surface area is 150 Å². The van der Waals surface area contributed by atoms with Gasteiger partial charge in [0, 0.05) is 22.6 Å². The van der Waals surface area contributed by atoms with Crippen LogP contribution in [0.5, 0.6) is 5.75 Å². The van der Waals surface area contributed by atoms with Crippen LogP contribution >= 0.6 is 0 Å². The number of rotatable bonds is 2. The molecule has 0 saturated heterocycles. The van der Waals surface area contributed by atoms with E-state index in [1.165, 1.54) is 0 Å². The molecule has 2 aromatic heterocycles. The van der Waals surface area contributed by atoms with Gasteiger partial charge in [-0.3, -0.25) is 0 Å². The Kier molecular flexibility index (Phi) is 3.22. The second-order valence-electron chi connectivity index (χ2n) is 6.17. The third-order valence-electron chi connectivity index (χ3n) is 4.61. The summed E-state index contributed by atoms with van der Waals surface area (Å²) in [6, 6.07) is 25.6. The predicted octanol–water partition coefficient (Wildman–Crippen LogP) is 4.92. The summed E-state index contributed by atoms with van der Waals surface area (Å²) in [4.78, 5) is 4.74. The van der Waals surface area contributed by atoms with E-state index in [1.807, 2.05) is 77.3 Å². The molecule has 124 valence electrons. The van der Waals surface area contributed by atoms with Crippen LogP contribution in [-0.4, -0.2) is 19.7 Å². The maximum Gasteiger partial charge on any atom is 0.156 e. The van der Waals surface area contributed by atoms with Crippen molar-refractivity contribution in [1.29, 1.82) is 0 Å². The largest absolute Gasteiger partial charge is 0.507 e. The number of phenols is 1. The second kappa shape index (κ2) is 5.70. The maximum atomic E-state index is 10.2. The SMILES string of the molecule is Oc1ccc(-c2cc(-c3ccccc3)nc3ccnn23)c2ccccc12. The van der Waals surface area contributed by atoms with Crippen LogP contribution in [0.3, 0.4) is 0 Å². The molecule has 0 aliphatic heterocycles. The van der Waals surface area contributed by atoms with Gasteiger partial charge in [0.05, 0.1) is 17.6 Å². The van der Waals surface area contributed by atoms with Gasteiger partial charge in [0.15, 0.2) is 5.65 Å². The summed E-state index contributed by atoms with van der Waals surface area (Å²) in [5, 5.41) is 16.5. The molecular formula is C22H15N3O. The predicted molar refractivity (Wildman–Crippen MR) is 103 cm³/mol.